The van der Waals surface area contributed by atoms with E-state index in [0.717, 1.165) is 11.8 Å². The molecule has 5 nitrogen and oxygen atoms in total. The van der Waals surface area contributed by atoms with Crippen molar-refractivity contribution in [3.8, 4) is 5.75 Å². The number of halogens is 2. The fraction of sp³-hybridized carbons (Fsp3) is 0.238. The van der Waals surface area contributed by atoms with Gasteiger partial charge in [-0.1, -0.05) is 6.07 Å². The molecule has 0 bridgehead atoms. The SMILES string of the molecule is CCOC(=O)C(C)Oc1ccc(N(C)c2cc3ccc(F)cc3c(F)n2)cc1. The largest absolute Gasteiger partial charge is 0.479 e. The molecular formula is C21H20F2N2O3. The first kappa shape index (κ1) is 19.5. The fourth-order valence-electron chi connectivity index (χ4n) is 2.73. The topological polar surface area (TPSA) is 51.7 Å². The van der Waals surface area contributed by atoms with E-state index in [1.54, 1.807) is 56.1 Å². The van der Waals surface area contributed by atoms with Crippen molar-refractivity contribution in [2.45, 2.75) is 20.0 Å². The number of benzene rings is 2. The van der Waals surface area contributed by atoms with Crippen molar-refractivity contribution in [3.63, 3.8) is 0 Å². The molecule has 0 saturated carbocycles. The molecule has 2 aromatic carbocycles. The van der Waals surface area contributed by atoms with E-state index >= 15 is 0 Å². The quantitative estimate of drug-likeness (QED) is 0.457. The van der Waals surface area contributed by atoms with E-state index in [1.807, 2.05) is 0 Å². The summed E-state index contributed by atoms with van der Waals surface area (Å²) in [7, 11) is 1.74. The molecule has 0 aliphatic carbocycles. The van der Waals surface area contributed by atoms with Crippen LogP contribution in [0.15, 0.2) is 48.5 Å². The Kier molecular flexibility index (Phi) is 5.73. The van der Waals surface area contributed by atoms with E-state index in [9.17, 15) is 13.6 Å². The molecule has 0 fully saturated rings. The monoisotopic (exact) mass is 386 g/mol. The summed E-state index contributed by atoms with van der Waals surface area (Å²) < 4.78 is 38.1. The Morgan fingerprint density at radius 1 is 1.14 bits per heavy atom. The third kappa shape index (κ3) is 4.19. The molecule has 28 heavy (non-hydrogen) atoms. The summed E-state index contributed by atoms with van der Waals surface area (Å²) in [4.78, 5) is 17.3. The first-order valence-electron chi connectivity index (χ1n) is 8.82. The van der Waals surface area contributed by atoms with Crippen LogP contribution in [-0.2, 0) is 9.53 Å². The van der Waals surface area contributed by atoms with Crippen LogP contribution in [0.25, 0.3) is 10.8 Å². The minimum atomic E-state index is -0.734. The fourth-order valence-corrected chi connectivity index (χ4v) is 2.73. The van der Waals surface area contributed by atoms with Crippen molar-refractivity contribution in [1.82, 2.24) is 4.98 Å². The van der Waals surface area contributed by atoms with Crippen molar-refractivity contribution in [2.75, 3.05) is 18.6 Å². The number of rotatable bonds is 6. The number of hydrogen-bond acceptors (Lipinski definition) is 5. The van der Waals surface area contributed by atoms with Gasteiger partial charge in [-0.25, -0.2) is 14.2 Å². The molecule has 0 amide bonds. The van der Waals surface area contributed by atoms with Crippen LogP contribution >= 0.6 is 0 Å². The lowest BCUT2D eigenvalue weighted by atomic mass is 10.1. The van der Waals surface area contributed by atoms with Crippen LogP contribution in [-0.4, -0.2) is 30.7 Å². The van der Waals surface area contributed by atoms with Crippen LogP contribution in [0, 0.1) is 11.8 Å². The molecule has 1 unspecified atom stereocenters. The van der Waals surface area contributed by atoms with Crippen molar-refractivity contribution in [3.05, 3.63) is 60.3 Å². The first-order valence-corrected chi connectivity index (χ1v) is 8.82. The van der Waals surface area contributed by atoms with Crippen molar-refractivity contribution >= 4 is 28.2 Å². The Hall–Kier alpha value is -3.22. The number of pyridine rings is 1. The molecule has 0 spiro atoms. The number of hydrogen-bond donors (Lipinski definition) is 0. The van der Waals surface area contributed by atoms with Gasteiger partial charge in [-0.15, -0.1) is 0 Å². The van der Waals surface area contributed by atoms with E-state index in [1.165, 1.54) is 12.1 Å². The molecule has 1 aromatic heterocycles. The molecule has 0 saturated heterocycles. The number of nitrogens with zero attached hydrogens (tertiary/aromatic N) is 2. The maximum Gasteiger partial charge on any atom is 0.347 e. The number of esters is 1. The van der Waals surface area contributed by atoms with Crippen molar-refractivity contribution in [1.29, 1.82) is 0 Å². The Balaban J connectivity index is 1.79. The van der Waals surface area contributed by atoms with Crippen molar-refractivity contribution < 1.29 is 23.0 Å². The van der Waals surface area contributed by atoms with Gasteiger partial charge in [0, 0.05) is 18.1 Å². The van der Waals surface area contributed by atoms with E-state index in [2.05, 4.69) is 4.98 Å². The van der Waals surface area contributed by atoms with E-state index < -0.39 is 23.8 Å². The standard InChI is InChI=1S/C21H20F2N2O3/c1-4-27-21(26)13(2)28-17-9-7-16(8-10-17)25(3)19-11-14-5-6-15(22)12-18(14)20(23)24-19/h5-13H,4H2,1-3H3. The average molecular weight is 386 g/mol. The van der Waals surface area contributed by atoms with Gasteiger partial charge in [-0.3, -0.25) is 0 Å². The molecule has 1 heterocycles. The summed E-state index contributed by atoms with van der Waals surface area (Å²) >= 11 is 0. The van der Waals surface area contributed by atoms with Gasteiger partial charge in [0.2, 0.25) is 5.95 Å². The molecule has 3 rings (SSSR count). The van der Waals surface area contributed by atoms with Crippen LogP contribution in [0.4, 0.5) is 20.3 Å². The Bertz CT molecular complexity index is 993. The molecule has 0 aliphatic heterocycles. The highest BCUT2D eigenvalue weighted by Crippen LogP contribution is 2.28. The highest BCUT2D eigenvalue weighted by Gasteiger charge is 2.16. The molecule has 146 valence electrons. The minimum absolute atomic E-state index is 0.133. The maximum atomic E-state index is 14.3. The summed E-state index contributed by atoms with van der Waals surface area (Å²) in [6.07, 6.45) is -0.722. The second-order valence-electron chi connectivity index (χ2n) is 6.20. The molecule has 3 aromatic rings. The summed E-state index contributed by atoms with van der Waals surface area (Å²) in [5, 5.41) is 0.688. The highest BCUT2D eigenvalue weighted by atomic mass is 19.1. The molecule has 1 atom stereocenters. The first-order chi connectivity index (χ1) is 13.4. The van der Waals surface area contributed by atoms with E-state index in [-0.39, 0.29) is 12.0 Å². The third-order valence-corrected chi connectivity index (χ3v) is 4.23. The van der Waals surface area contributed by atoms with Gasteiger partial charge in [0.1, 0.15) is 17.4 Å². The van der Waals surface area contributed by atoms with E-state index in [0.29, 0.717) is 17.0 Å². The highest BCUT2D eigenvalue weighted by molar-refractivity contribution is 5.85. The van der Waals surface area contributed by atoms with Crippen molar-refractivity contribution in [2.24, 2.45) is 0 Å². The Morgan fingerprint density at radius 2 is 1.86 bits per heavy atom. The maximum absolute atomic E-state index is 14.3. The number of carbonyl (C=O) groups is 1. The Labute approximate surface area is 161 Å². The lowest BCUT2D eigenvalue weighted by Gasteiger charge is -2.20. The lowest BCUT2D eigenvalue weighted by molar-refractivity contribution is -0.150. The van der Waals surface area contributed by atoms with Gasteiger partial charge in [0.25, 0.3) is 0 Å². The van der Waals surface area contributed by atoms with Gasteiger partial charge in [0.15, 0.2) is 6.10 Å². The van der Waals surface area contributed by atoms with Crippen LogP contribution in [0.1, 0.15) is 13.8 Å². The van der Waals surface area contributed by atoms with Gasteiger partial charge in [-0.05, 0) is 61.7 Å². The normalized spacial score (nSPS) is 11.9. The number of fused-ring (bicyclic) bond motifs is 1. The zero-order valence-corrected chi connectivity index (χ0v) is 15.8. The average Bonchev–Trinajstić information content (AvgIpc) is 2.68. The second-order valence-corrected chi connectivity index (χ2v) is 6.20. The van der Waals surface area contributed by atoms with Gasteiger partial charge in [-0.2, -0.15) is 4.39 Å². The van der Waals surface area contributed by atoms with Crippen LogP contribution in [0.3, 0.4) is 0 Å². The lowest BCUT2D eigenvalue weighted by Crippen LogP contribution is -2.26. The van der Waals surface area contributed by atoms with Crippen LogP contribution in [0.5, 0.6) is 5.75 Å². The summed E-state index contributed by atoms with van der Waals surface area (Å²) in [5.41, 5.74) is 0.740. The number of ether oxygens (including phenoxy) is 2. The minimum Gasteiger partial charge on any atom is -0.479 e. The Morgan fingerprint density at radius 3 is 2.54 bits per heavy atom. The molecule has 0 N–H and O–H groups in total. The van der Waals surface area contributed by atoms with Gasteiger partial charge >= 0.3 is 5.97 Å². The van der Waals surface area contributed by atoms with Crippen LogP contribution < -0.4 is 9.64 Å². The molecular weight excluding hydrogens is 366 g/mol. The molecule has 0 radical (unpaired) electrons. The summed E-state index contributed by atoms with van der Waals surface area (Å²) in [6, 6.07) is 12.5. The van der Waals surface area contributed by atoms with Crippen LogP contribution in [0.2, 0.25) is 0 Å². The predicted octanol–water partition coefficient (Wildman–Crippen LogP) is 4.61. The zero-order valence-electron chi connectivity index (χ0n) is 15.8. The summed E-state index contributed by atoms with van der Waals surface area (Å²) in [5.74, 6) is -0.795. The second kappa shape index (κ2) is 8.21. The smallest absolute Gasteiger partial charge is 0.347 e. The number of anilines is 2. The van der Waals surface area contributed by atoms with Gasteiger partial charge in [0.05, 0.1) is 6.61 Å². The van der Waals surface area contributed by atoms with Gasteiger partial charge < -0.3 is 14.4 Å². The number of carbonyl (C=O) groups excluding carboxylic acids is 1. The summed E-state index contributed by atoms with van der Waals surface area (Å²) in [6.45, 7) is 3.64. The predicted molar refractivity (Wildman–Crippen MR) is 103 cm³/mol. The zero-order chi connectivity index (χ0) is 20.3. The number of aromatic nitrogens is 1. The van der Waals surface area contributed by atoms with E-state index in [4.69, 9.17) is 9.47 Å². The third-order valence-electron chi connectivity index (χ3n) is 4.23. The molecule has 7 heteroatoms. The molecule has 0 aliphatic rings.